The fraction of sp³-hybridized carbons (Fsp3) is 0.375. The van der Waals surface area contributed by atoms with Gasteiger partial charge in [-0.1, -0.05) is 45.0 Å². The second-order valence-electron chi connectivity index (χ2n) is 5.87. The molecule has 0 radical (unpaired) electrons. The molecule has 0 saturated carbocycles. The molecule has 0 atom stereocenters. The van der Waals surface area contributed by atoms with Gasteiger partial charge in [0.15, 0.2) is 0 Å². The van der Waals surface area contributed by atoms with E-state index in [0.717, 1.165) is 16.3 Å². The maximum atomic E-state index is 10.6. The Morgan fingerprint density at radius 3 is 2.45 bits per heavy atom. The molecule has 1 heterocycles. The third kappa shape index (κ3) is 3.67. The summed E-state index contributed by atoms with van der Waals surface area (Å²) in [4.78, 5) is 15.1. The molecule has 0 amide bonds. The fourth-order valence-electron chi connectivity index (χ4n) is 1.90. The normalized spacial score (nSPS) is 11.6. The van der Waals surface area contributed by atoms with Gasteiger partial charge in [0.25, 0.3) is 0 Å². The number of carbonyl (C=O) groups is 1. The number of thiazole rings is 1. The third-order valence-corrected chi connectivity index (χ3v) is 4.08. The standard InChI is InChI=1S/C16H19NO2S/c1-16(2,3)12-6-4-11(5-7-12)15-17-13(10-20-15)8-9-14(18)19/h4-7,10H,8-9H2,1-3H3,(H,18,19). The van der Waals surface area contributed by atoms with Crippen molar-refractivity contribution in [3.05, 3.63) is 40.9 Å². The minimum absolute atomic E-state index is 0.131. The third-order valence-electron chi connectivity index (χ3n) is 3.14. The van der Waals surface area contributed by atoms with Crippen molar-refractivity contribution in [3.8, 4) is 10.6 Å². The SMILES string of the molecule is CC(C)(C)c1ccc(-c2nc(CCC(=O)O)cs2)cc1. The molecule has 2 aromatic rings. The Balaban J connectivity index is 2.14. The van der Waals surface area contributed by atoms with Gasteiger partial charge in [-0.25, -0.2) is 4.98 Å². The lowest BCUT2D eigenvalue weighted by Crippen LogP contribution is -2.10. The van der Waals surface area contributed by atoms with E-state index in [1.54, 1.807) is 11.3 Å². The minimum Gasteiger partial charge on any atom is -0.481 e. The van der Waals surface area contributed by atoms with Crippen molar-refractivity contribution in [1.29, 1.82) is 0 Å². The van der Waals surface area contributed by atoms with Crippen LogP contribution in [0.25, 0.3) is 10.6 Å². The summed E-state index contributed by atoms with van der Waals surface area (Å²) in [5.74, 6) is -0.783. The maximum Gasteiger partial charge on any atom is 0.303 e. The molecular weight excluding hydrogens is 270 g/mol. The number of rotatable bonds is 4. The zero-order valence-electron chi connectivity index (χ0n) is 12.0. The molecule has 1 N–H and O–H groups in total. The largest absolute Gasteiger partial charge is 0.481 e. The number of aromatic nitrogens is 1. The molecule has 0 fully saturated rings. The summed E-state index contributed by atoms with van der Waals surface area (Å²) in [6.45, 7) is 6.57. The number of aryl methyl sites for hydroxylation is 1. The zero-order chi connectivity index (χ0) is 14.8. The molecular formula is C16H19NO2S. The minimum atomic E-state index is -0.783. The lowest BCUT2D eigenvalue weighted by Gasteiger charge is -2.18. The first-order valence-corrected chi connectivity index (χ1v) is 7.51. The van der Waals surface area contributed by atoms with Crippen LogP contribution < -0.4 is 0 Å². The second-order valence-corrected chi connectivity index (χ2v) is 6.72. The highest BCUT2D eigenvalue weighted by atomic mass is 32.1. The molecule has 106 valence electrons. The Hall–Kier alpha value is -1.68. The van der Waals surface area contributed by atoms with Crippen LogP contribution in [-0.2, 0) is 16.6 Å². The number of nitrogens with zero attached hydrogens (tertiary/aromatic N) is 1. The summed E-state index contributed by atoms with van der Waals surface area (Å²) in [6.07, 6.45) is 0.623. The van der Waals surface area contributed by atoms with Crippen molar-refractivity contribution in [1.82, 2.24) is 4.98 Å². The monoisotopic (exact) mass is 289 g/mol. The first-order valence-electron chi connectivity index (χ1n) is 6.63. The number of carboxylic acid groups (broad SMARTS) is 1. The lowest BCUT2D eigenvalue weighted by molar-refractivity contribution is -0.136. The summed E-state index contributed by atoms with van der Waals surface area (Å²) in [5, 5.41) is 11.6. The molecule has 2 rings (SSSR count). The Labute approximate surface area is 123 Å². The van der Waals surface area contributed by atoms with Gasteiger partial charge in [-0.2, -0.15) is 0 Å². The molecule has 0 saturated heterocycles. The van der Waals surface area contributed by atoms with Gasteiger partial charge in [0, 0.05) is 17.4 Å². The molecule has 1 aromatic heterocycles. The van der Waals surface area contributed by atoms with E-state index in [2.05, 4.69) is 50.0 Å². The topological polar surface area (TPSA) is 50.2 Å². The van der Waals surface area contributed by atoms with E-state index in [1.165, 1.54) is 5.56 Å². The van der Waals surface area contributed by atoms with Gasteiger partial charge in [-0.05, 0) is 11.0 Å². The van der Waals surface area contributed by atoms with Crippen LogP contribution in [0.2, 0.25) is 0 Å². The summed E-state index contributed by atoms with van der Waals surface area (Å²) in [6, 6.07) is 8.43. The van der Waals surface area contributed by atoms with E-state index in [0.29, 0.717) is 6.42 Å². The molecule has 0 aliphatic carbocycles. The molecule has 0 spiro atoms. The molecule has 0 aliphatic heterocycles. The van der Waals surface area contributed by atoms with Gasteiger partial charge in [-0.15, -0.1) is 11.3 Å². The number of hydrogen-bond donors (Lipinski definition) is 1. The fourth-order valence-corrected chi connectivity index (χ4v) is 2.76. The average molecular weight is 289 g/mol. The summed E-state index contributed by atoms with van der Waals surface area (Å²) in [5.41, 5.74) is 3.38. The first kappa shape index (κ1) is 14.7. The highest BCUT2D eigenvalue weighted by Gasteiger charge is 2.13. The quantitative estimate of drug-likeness (QED) is 0.921. The van der Waals surface area contributed by atoms with Crippen LogP contribution in [0.3, 0.4) is 0 Å². The Bertz CT molecular complexity index is 594. The predicted octanol–water partition coefficient (Wildman–Crippen LogP) is 4.12. The van der Waals surface area contributed by atoms with Crippen LogP contribution in [0, 0.1) is 0 Å². The first-order chi connectivity index (χ1) is 9.36. The van der Waals surface area contributed by atoms with E-state index in [1.807, 2.05) is 5.38 Å². The van der Waals surface area contributed by atoms with Crippen LogP contribution in [0.4, 0.5) is 0 Å². The molecule has 0 aliphatic rings. The molecule has 0 unspecified atom stereocenters. The van der Waals surface area contributed by atoms with E-state index < -0.39 is 5.97 Å². The smallest absolute Gasteiger partial charge is 0.303 e. The van der Waals surface area contributed by atoms with Crippen LogP contribution in [0.5, 0.6) is 0 Å². The Morgan fingerprint density at radius 1 is 1.25 bits per heavy atom. The average Bonchev–Trinajstić information content (AvgIpc) is 2.84. The molecule has 1 aromatic carbocycles. The van der Waals surface area contributed by atoms with Gasteiger partial charge >= 0.3 is 5.97 Å². The number of carboxylic acids is 1. The van der Waals surface area contributed by atoms with Crippen LogP contribution >= 0.6 is 11.3 Å². The van der Waals surface area contributed by atoms with Crippen LogP contribution in [0.1, 0.15) is 38.4 Å². The maximum absolute atomic E-state index is 10.6. The van der Waals surface area contributed by atoms with Gasteiger partial charge in [0.1, 0.15) is 5.01 Å². The lowest BCUT2D eigenvalue weighted by atomic mass is 9.87. The number of hydrogen-bond acceptors (Lipinski definition) is 3. The zero-order valence-corrected chi connectivity index (χ0v) is 12.8. The van der Waals surface area contributed by atoms with Gasteiger partial charge in [-0.3, -0.25) is 4.79 Å². The molecule has 20 heavy (non-hydrogen) atoms. The predicted molar refractivity (Wildman–Crippen MR) is 82.2 cm³/mol. The second kappa shape index (κ2) is 5.75. The van der Waals surface area contributed by atoms with E-state index in [4.69, 9.17) is 5.11 Å². The Morgan fingerprint density at radius 2 is 1.90 bits per heavy atom. The Kier molecular flexibility index (Phi) is 4.23. The highest BCUT2D eigenvalue weighted by Crippen LogP contribution is 2.28. The highest BCUT2D eigenvalue weighted by molar-refractivity contribution is 7.13. The van der Waals surface area contributed by atoms with E-state index in [-0.39, 0.29) is 11.8 Å². The number of aliphatic carboxylic acids is 1. The van der Waals surface area contributed by atoms with Gasteiger partial charge in [0.05, 0.1) is 12.1 Å². The van der Waals surface area contributed by atoms with E-state index >= 15 is 0 Å². The summed E-state index contributed by atoms with van der Waals surface area (Å²) in [7, 11) is 0. The van der Waals surface area contributed by atoms with Crippen molar-refractivity contribution in [2.45, 2.75) is 39.0 Å². The van der Waals surface area contributed by atoms with Crippen molar-refractivity contribution < 1.29 is 9.90 Å². The summed E-state index contributed by atoms with van der Waals surface area (Å²) >= 11 is 1.56. The summed E-state index contributed by atoms with van der Waals surface area (Å²) < 4.78 is 0. The van der Waals surface area contributed by atoms with Crippen molar-refractivity contribution in [2.24, 2.45) is 0 Å². The molecule has 4 heteroatoms. The van der Waals surface area contributed by atoms with Crippen molar-refractivity contribution in [2.75, 3.05) is 0 Å². The van der Waals surface area contributed by atoms with E-state index in [9.17, 15) is 4.79 Å². The van der Waals surface area contributed by atoms with Gasteiger partial charge in [0.2, 0.25) is 0 Å². The number of benzene rings is 1. The molecule has 0 bridgehead atoms. The van der Waals surface area contributed by atoms with Crippen molar-refractivity contribution in [3.63, 3.8) is 0 Å². The van der Waals surface area contributed by atoms with Crippen LogP contribution in [-0.4, -0.2) is 16.1 Å². The molecule has 3 nitrogen and oxygen atoms in total. The van der Waals surface area contributed by atoms with Crippen molar-refractivity contribution >= 4 is 17.3 Å². The van der Waals surface area contributed by atoms with Gasteiger partial charge < -0.3 is 5.11 Å². The van der Waals surface area contributed by atoms with Crippen LogP contribution in [0.15, 0.2) is 29.6 Å².